The predicted molar refractivity (Wildman–Crippen MR) is 68.1 cm³/mol. The molecule has 1 unspecified atom stereocenters. The van der Waals surface area contributed by atoms with E-state index in [-0.39, 0.29) is 12.3 Å². The molecule has 0 aliphatic heterocycles. The van der Waals surface area contributed by atoms with Crippen LogP contribution in [0.15, 0.2) is 0 Å². The maximum Gasteiger partial charge on any atom is 0.310 e. The molecule has 0 radical (unpaired) electrons. The van der Waals surface area contributed by atoms with Crippen molar-refractivity contribution in [2.45, 2.75) is 51.9 Å². The molecule has 0 bridgehead atoms. The number of carbonyl (C=O) groups is 2. The van der Waals surface area contributed by atoms with Crippen molar-refractivity contribution in [2.24, 2.45) is 17.3 Å². The van der Waals surface area contributed by atoms with E-state index in [1.807, 2.05) is 0 Å². The average molecular weight is 253 g/mol. The van der Waals surface area contributed by atoms with Crippen molar-refractivity contribution in [3.8, 4) is 0 Å². The molecule has 102 valence electrons. The number of aliphatic carboxylic acids is 1. The van der Waals surface area contributed by atoms with Gasteiger partial charge in [0.2, 0.25) is 5.91 Å². The van der Waals surface area contributed by atoms with Crippen LogP contribution in [0, 0.1) is 17.3 Å². The van der Waals surface area contributed by atoms with Crippen LogP contribution in [-0.4, -0.2) is 23.5 Å². The van der Waals surface area contributed by atoms with Crippen molar-refractivity contribution in [3.05, 3.63) is 0 Å². The molecule has 2 N–H and O–H groups in total. The lowest BCUT2D eigenvalue weighted by atomic mass is 9.82. The van der Waals surface area contributed by atoms with Gasteiger partial charge in [0.1, 0.15) is 0 Å². The van der Waals surface area contributed by atoms with Gasteiger partial charge >= 0.3 is 5.97 Å². The van der Waals surface area contributed by atoms with E-state index in [9.17, 15) is 14.7 Å². The maximum atomic E-state index is 11.9. The van der Waals surface area contributed by atoms with Crippen molar-refractivity contribution >= 4 is 11.9 Å². The van der Waals surface area contributed by atoms with E-state index in [1.54, 1.807) is 0 Å². The molecular weight excluding hydrogens is 230 g/mol. The second-order valence-corrected chi connectivity index (χ2v) is 6.09. The van der Waals surface area contributed by atoms with E-state index in [0.29, 0.717) is 25.3 Å². The van der Waals surface area contributed by atoms with Gasteiger partial charge in [-0.15, -0.1) is 0 Å². The van der Waals surface area contributed by atoms with Crippen LogP contribution in [0.3, 0.4) is 0 Å². The van der Waals surface area contributed by atoms with Gasteiger partial charge in [-0.3, -0.25) is 9.59 Å². The quantitative estimate of drug-likeness (QED) is 0.762. The van der Waals surface area contributed by atoms with Crippen LogP contribution in [0.2, 0.25) is 0 Å². The molecule has 1 amide bonds. The van der Waals surface area contributed by atoms with E-state index >= 15 is 0 Å². The Morgan fingerprint density at radius 1 is 1.33 bits per heavy atom. The highest BCUT2D eigenvalue weighted by atomic mass is 16.4. The molecule has 18 heavy (non-hydrogen) atoms. The third-order valence-electron chi connectivity index (χ3n) is 4.56. The summed E-state index contributed by atoms with van der Waals surface area (Å²) in [6, 6.07) is 0. The lowest BCUT2D eigenvalue weighted by Gasteiger charge is -2.23. The Hall–Kier alpha value is -1.06. The van der Waals surface area contributed by atoms with E-state index in [0.717, 1.165) is 18.8 Å². The smallest absolute Gasteiger partial charge is 0.310 e. The predicted octanol–water partition coefficient (Wildman–Crippen LogP) is 2.18. The third kappa shape index (κ3) is 3.03. The molecule has 2 rings (SSSR count). The van der Waals surface area contributed by atoms with Crippen LogP contribution < -0.4 is 5.32 Å². The van der Waals surface area contributed by atoms with Gasteiger partial charge < -0.3 is 10.4 Å². The SMILES string of the molecule is CC(CNC(=O)CC1(C(=O)O)CCCC1)C1CC1. The van der Waals surface area contributed by atoms with Crippen LogP contribution in [0.25, 0.3) is 0 Å². The summed E-state index contributed by atoms with van der Waals surface area (Å²) in [6.07, 6.45) is 5.85. The molecule has 0 aromatic heterocycles. The minimum Gasteiger partial charge on any atom is -0.481 e. The zero-order valence-electron chi connectivity index (χ0n) is 11.1. The third-order valence-corrected chi connectivity index (χ3v) is 4.56. The number of hydrogen-bond acceptors (Lipinski definition) is 2. The summed E-state index contributed by atoms with van der Waals surface area (Å²) in [5, 5.41) is 12.2. The van der Waals surface area contributed by atoms with Gasteiger partial charge in [0.25, 0.3) is 0 Å². The maximum absolute atomic E-state index is 11.9. The Kier molecular flexibility index (Phi) is 3.93. The summed E-state index contributed by atoms with van der Waals surface area (Å²) in [4.78, 5) is 23.2. The van der Waals surface area contributed by atoms with Gasteiger partial charge in [-0.05, 0) is 37.5 Å². The molecular formula is C14H23NO3. The normalized spacial score (nSPS) is 23.6. The fourth-order valence-electron chi connectivity index (χ4n) is 2.99. The zero-order valence-corrected chi connectivity index (χ0v) is 11.1. The molecule has 0 heterocycles. The van der Waals surface area contributed by atoms with Gasteiger partial charge in [-0.1, -0.05) is 19.8 Å². The molecule has 2 aliphatic rings. The summed E-state index contributed by atoms with van der Waals surface area (Å²) in [5.74, 6) is 0.403. The standard InChI is InChI=1S/C14H23NO3/c1-10(11-4-5-11)9-15-12(16)8-14(13(17)18)6-2-3-7-14/h10-11H,2-9H2,1H3,(H,15,16)(H,17,18). The van der Waals surface area contributed by atoms with Gasteiger partial charge in [-0.2, -0.15) is 0 Å². The molecule has 0 saturated heterocycles. The molecule has 0 spiro atoms. The van der Waals surface area contributed by atoms with E-state index in [4.69, 9.17) is 0 Å². The van der Waals surface area contributed by atoms with Crippen molar-refractivity contribution in [3.63, 3.8) is 0 Å². The van der Waals surface area contributed by atoms with Gasteiger partial charge in [-0.25, -0.2) is 0 Å². The molecule has 2 aliphatic carbocycles. The number of hydrogen-bond donors (Lipinski definition) is 2. The van der Waals surface area contributed by atoms with Crippen LogP contribution in [-0.2, 0) is 9.59 Å². The second-order valence-electron chi connectivity index (χ2n) is 6.09. The Morgan fingerprint density at radius 3 is 2.44 bits per heavy atom. The van der Waals surface area contributed by atoms with E-state index in [1.165, 1.54) is 12.8 Å². The van der Waals surface area contributed by atoms with Crippen molar-refractivity contribution in [1.29, 1.82) is 0 Å². The first kappa shape index (κ1) is 13.4. The molecule has 4 heteroatoms. The average Bonchev–Trinajstić information content (AvgIpc) is 3.07. The minimum atomic E-state index is -0.801. The number of nitrogens with one attached hydrogen (secondary N) is 1. The van der Waals surface area contributed by atoms with Crippen LogP contribution in [0.1, 0.15) is 51.9 Å². The summed E-state index contributed by atoms with van der Waals surface area (Å²) >= 11 is 0. The first-order valence-electron chi connectivity index (χ1n) is 7.04. The summed E-state index contributed by atoms with van der Waals surface area (Å²) < 4.78 is 0. The molecule has 0 aromatic rings. The number of carboxylic acid groups (broad SMARTS) is 1. The molecule has 2 saturated carbocycles. The van der Waals surface area contributed by atoms with Crippen molar-refractivity contribution in [2.75, 3.05) is 6.54 Å². The van der Waals surface area contributed by atoms with Gasteiger partial charge in [0.15, 0.2) is 0 Å². The molecule has 0 aromatic carbocycles. The second kappa shape index (κ2) is 5.29. The van der Waals surface area contributed by atoms with E-state index < -0.39 is 11.4 Å². The fourth-order valence-corrected chi connectivity index (χ4v) is 2.99. The first-order chi connectivity index (χ1) is 8.53. The molecule has 2 fully saturated rings. The highest BCUT2D eigenvalue weighted by molar-refractivity contribution is 5.85. The number of carboxylic acids is 1. The Morgan fingerprint density at radius 2 is 1.94 bits per heavy atom. The van der Waals surface area contributed by atoms with Crippen LogP contribution in [0.5, 0.6) is 0 Å². The molecule has 1 atom stereocenters. The highest BCUT2D eigenvalue weighted by Gasteiger charge is 2.43. The number of rotatable bonds is 6. The Bertz CT molecular complexity index is 330. The van der Waals surface area contributed by atoms with Gasteiger partial charge in [0.05, 0.1) is 5.41 Å². The first-order valence-corrected chi connectivity index (χ1v) is 7.04. The number of carbonyl (C=O) groups excluding carboxylic acids is 1. The van der Waals surface area contributed by atoms with Crippen molar-refractivity contribution in [1.82, 2.24) is 5.32 Å². The van der Waals surface area contributed by atoms with Crippen LogP contribution >= 0.6 is 0 Å². The fraction of sp³-hybridized carbons (Fsp3) is 0.857. The minimum absolute atomic E-state index is 0.0909. The summed E-state index contributed by atoms with van der Waals surface area (Å²) in [7, 11) is 0. The van der Waals surface area contributed by atoms with Crippen LogP contribution in [0.4, 0.5) is 0 Å². The van der Waals surface area contributed by atoms with Gasteiger partial charge in [0, 0.05) is 13.0 Å². The zero-order chi connectivity index (χ0) is 13.2. The number of amides is 1. The molecule has 4 nitrogen and oxygen atoms in total. The largest absolute Gasteiger partial charge is 0.481 e. The monoisotopic (exact) mass is 253 g/mol. The summed E-state index contributed by atoms with van der Waals surface area (Å²) in [6.45, 7) is 2.85. The Labute approximate surface area is 108 Å². The van der Waals surface area contributed by atoms with E-state index in [2.05, 4.69) is 12.2 Å². The summed E-state index contributed by atoms with van der Waals surface area (Å²) in [5.41, 5.74) is -0.785. The highest BCUT2D eigenvalue weighted by Crippen LogP contribution is 2.41. The Balaban J connectivity index is 1.79. The van der Waals surface area contributed by atoms with Crippen molar-refractivity contribution < 1.29 is 14.7 Å². The lowest BCUT2D eigenvalue weighted by molar-refractivity contribution is -0.151. The lowest BCUT2D eigenvalue weighted by Crippen LogP contribution is -2.37. The topological polar surface area (TPSA) is 66.4 Å².